The van der Waals surface area contributed by atoms with E-state index in [1.54, 1.807) is 0 Å². The molecule has 92 valence electrons. The van der Waals surface area contributed by atoms with Gasteiger partial charge in [0, 0.05) is 11.9 Å². The van der Waals surface area contributed by atoms with Gasteiger partial charge in [-0.1, -0.05) is 29.3 Å². The Balaban J connectivity index is 2.16. The van der Waals surface area contributed by atoms with E-state index in [4.69, 9.17) is 17.3 Å². The molecule has 0 radical (unpaired) electrons. The topological polar surface area (TPSA) is 68.0 Å². The Hall–Kier alpha value is -2.07. The summed E-state index contributed by atoms with van der Waals surface area (Å²) in [4.78, 5) is 15.8. The minimum Gasteiger partial charge on any atom is -0.382 e. The number of nitrogens with two attached hydrogens (primary N) is 1. The van der Waals surface area contributed by atoms with Crippen LogP contribution in [-0.4, -0.2) is 10.9 Å². The van der Waals surface area contributed by atoms with E-state index >= 15 is 0 Å². The number of nitrogen functional groups attached to an aromatic ring is 1. The van der Waals surface area contributed by atoms with Crippen LogP contribution in [0.15, 0.2) is 36.5 Å². The Bertz CT molecular complexity index is 581. The smallest absolute Gasteiger partial charge is 0.257 e. The molecule has 0 atom stereocenters. The fourth-order valence-corrected chi connectivity index (χ4v) is 1.58. The second-order valence-corrected chi connectivity index (χ2v) is 4.32. The molecule has 0 aliphatic rings. The quantitative estimate of drug-likeness (QED) is 0.873. The summed E-state index contributed by atoms with van der Waals surface area (Å²) in [7, 11) is 0. The number of hydrogen-bond donors (Lipinski definition) is 2. The van der Waals surface area contributed by atoms with Crippen molar-refractivity contribution in [2.45, 2.75) is 6.92 Å². The molecule has 0 saturated carbocycles. The number of anilines is 2. The Kier molecular flexibility index (Phi) is 3.48. The van der Waals surface area contributed by atoms with Crippen molar-refractivity contribution in [3.8, 4) is 0 Å². The average molecular weight is 262 g/mol. The van der Waals surface area contributed by atoms with Gasteiger partial charge in [0.2, 0.25) is 0 Å². The molecule has 4 nitrogen and oxygen atoms in total. The number of carbonyl (C=O) groups is 1. The van der Waals surface area contributed by atoms with Crippen molar-refractivity contribution >= 4 is 29.0 Å². The Morgan fingerprint density at radius 1 is 1.33 bits per heavy atom. The summed E-state index contributed by atoms with van der Waals surface area (Å²) in [5.41, 5.74) is 7.70. The summed E-state index contributed by atoms with van der Waals surface area (Å²) in [5, 5.41) is 3.02. The standard InChI is InChI=1S/C13H12ClN3O/c1-8-2-4-10(5-3-8)17-13(18)9-6-11(14)12(15)16-7-9/h2-7H,1H3,(H2,15,16)(H,17,18). The number of pyridine rings is 1. The molecule has 0 spiro atoms. The molecule has 0 aliphatic heterocycles. The van der Waals surface area contributed by atoms with E-state index in [1.165, 1.54) is 12.3 Å². The first-order valence-corrected chi connectivity index (χ1v) is 5.73. The number of aryl methyl sites for hydroxylation is 1. The molecule has 1 aromatic carbocycles. The van der Waals surface area contributed by atoms with Crippen LogP contribution >= 0.6 is 11.6 Å². The lowest BCUT2D eigenvalue weighted by atomic mass is 10.2. The van der Waals surface area contributed by atoms with Crippen LogP contribution in [0, 0.1) is 6.92 Å². The number of rotatable bonds is 2. The molecule has 3 N–H and O–H groups in total. The minimum atomic E-state index is -0.270. The number of halogens is 1. The highest BCUT2D eigenvalue weighted by atomic mass is 35.5. The monoisotopic (exact) mass is 261 g/mol. The normalized spacial score (nSPS) is 10.1. The Labute approximate surface area is 110 Å². The maximum Gasteiger partial charge on any atom is 0.257 e. The lowest BCUT2D eigenvalue weighted by molar-refractivity contribution is 0.102. The number of carbonyl (C=O) groups excluding carboxylic acids is 1. The summed E-state index contributed by atoms with van der Waals surface area (Å²) in [6.45, 7) is 1.98. The maximum absolute atomic E-state index is 11.9. The number of aromatic nitrogens is 1. The van der Waals surface area contributed by atoms with Gasteiger partial charge >= 0.3 is 0 Å². The lowest BCUT2D eigenvalue weighted by Gasteiger charge is -2.06. The van der Waals surface area contributed by atoms with Gasteiger partial charge in [0.15, 0.2) is 0 Å². The molecule has 0 aliphatic carbocycles. The van der Waals surface area contributed by atoms with Crippen LogP contribution in [0.1, 0.15) is 15.9 Å². The van der Waals surface area contributed by atoms with Gasteiger partial charge in [-0.3, -0.25) is 4.79 Å². The van der Waals surface area contributed by atoms with Crippen LogP contribution in [0.2, 0.25) is 5.02 Å². The van der Waals surface area contributed by atoms with Crippen molar-refractivity contribution < 1.29 is 4.79 Å². The Morgan fingerprint density at radius 2 is 2.00 bits per heavy atom. The fraction of sp³-hybridized carbons (Fsp3) is 0.0769. The SMILES string of the molecule is Cc1ccc(NC(=O)c2cnc(N)c(Cl)c2)cc1. The van der Waals surface area contributed by atoms with Crippen molar-refractivity contribution in [1.82, 2.24) is 4.98 Å². The van der Waals surface area contributed by atoms with Gasteiger partial charge in [-0.25, -0.2) is 4.98 Å². The maximum atomic E-state index is 11.9. The molecule has 1 amide bonds. The molecule has 18 heavy (non-hydrogen) atoms. The van der Waals surface area contributed by atoms with E-state index in [0.717, 1.165) is 11.3 Å². The Morgan fingerprint density at radius 3 is 2.61 bits per heavy atom. The van der Waals surface area contributed by atoms with Gasteiger partial charge in [0.05, 0.1) is 10.6 Å². The molecule has 2 aromatic rings. The van der Waals surface area contributed by atoms with Crippen LogP contribution in [0.25, 0.3) is 0 Å². The average Bonchev–Trinajstić information content (AvgIpc) is 2.35. The van der Waals surface area contributed by atoms with E-state index < -0.39 is 0 Å². The number of nitrogens with one attached hydrogen (secondary N) is 1. The number of benzene rings is 1. The van der Waals surface area contributed by atoms with Gasteiger partial charge in [-0.15, -0.1) is 0 Å². The van der Waals surface area contributed by atoms with Crippen molar-refractivity contribution in [2.75, 3.05) is 11.1 Å². The van der Waals surface area contributed by atoms with Crippen LogP contribution in [0.5, 0.6) is 0 Å². The summed E-state index contributed by atoms with van der Waals surface area (Å²) in [6, 6.07) is 9.00. The predicted molar refractivity (Wildman–Crippen MR) is 72.8 cm³/mol. The first-order valence-electron chi connectivity index (χ1n) is 5.35. The van der Waals surface area contributed by atoms with Crippen molar-refractivity contribution in [1.29, 1.82) is 0 Å². The third-order valence-electron chi connectivity index (χ3n) is 2.44. The highest BCUT2D eigenvalue weighted by molar-refractivity contribution is 6.33. The van der Waals surface area contributed by atoms with E-state index in [1.807, 2.05) is 31.2 Å². The molecule has 1 aromatic heterocycles. The van der Waals surface area contributed by atoms with Crippen molar-refractivity contribution in [3.63, 3.8) is 0 Å². The zero-order chi connectivity index (χ0) is 13.1. The summed E-state index contributed by atoms with van der Waals surface area (Å²) in [6.07, 6.45) is 1.39. The summed E-state index contributed by atoms with van der Waals surface area (Å²) in [5.74, 6) is -0.0585. The van der Waals surface area contributed by atoms with Gasteiger partial charge < -0.3 is 11.1 Å². The first kappa shape index (κ1) is 12.4. The highest BCUT2D eigenvalue weighted by Gasteiger charge is 2.08. The molecule has 0 bridgehead atoms. The lowest BCUT2D eigenvalue weighted by Crippen LogP contribution is -2.12. The molecule has 0 fully saturated rings. The molecule has 0 saturated heterocycles. The van der Waals surface area contributed by atoms with Gasteiger partial charge in [0.25, 0.3) is 5.91 Å². The number of hydrogen-bond acceptors (Lipinski definition) is 3. The zero-order valence-corrected chi connectivity index (χ0v) is 10.5. The third-order valence-corrected chi connectivity index (χ3v) is 2.74. The first-order chi connectivity index (χ1) is 8.56. The van der Waals surface area contributed by atoms with E-state index in [9.17, 15) is 4.79 Å². The van der Waals surface area contributed by atoms with Gasteiger partial charge in [-0.05, 0) is 25.1 Å². The highest BCUT2D eigenvalue weighted by Crippen LogP contribution is 2.18. The van der Waals surface area contributed by atoms with E-state index in [-0.39, 0.29) is 16.7 Å². The predicted octanol–water partition coefficient (Wildman–Crippen LogP) is 2.88. The minimum absolute atomic E-state index is 0.212. The second-order valence-electron chi connectivity index (χ2n) is 3.91. The van der Waals surface area contributed by atoms with Crippen LogP contribution in [0.3, 0.4) is 0 Å². The van der Waals surface area contributed by atoms with E-state index in [0.29, 0.717) is 5.56 Å². The van der Waals surface area contributed by atoms with Crippen molar-refractivity contribution in [2.24, 2.45) is 0 Å². The molecule has 0 unspecified atom stereocenters. The summed E-state index contributed by atoms with van der Waals surface area (Å²) < 4.78 is 0. The van der Waals surface area contributed by atoms with Gasteiger partial charge in [-0.2, -0.15) is 0 Å². The second kappa shape index (κ2) is 5.06. The van der Waals surface area contributed by atoms with Gasteiger partial charge in [0.1, 0.15) is 5.82 Å². The third kappa shape index (κ3) is 2.78. The number of nitrogens with zero attached hydrogens (tertiary/aromatic N) is 1. The molecule has 5 heteroatoms. The molecular formula is C13H12ClN3O. The zero-order valence-electron chi connectivity index (χ0n) is 9.77. The van der Waals surface area contributed by atoms with Crippen LogP contribution < -0.4 is 11.1 Å². The summed E-state index contributed by atoms with van der Waals surface area (Å²) >= 11 is 5.81. The fourth-order valence-electron chi connectivity index (χ4n) is 1.41. The molecule has 1 heterocycles. The van der Waals surface area contributed by atoms with Crippen LogP contribution in [0.4, 0.5) is 11.5 Å². The van der Waals surface area contributed by atoms with E-state index in [2.05, 4.69) is 10.3 Å². The molecular weight excluding hydrogens is 250 g/mol. The number of amides is 1. The van der Waals surface area contributed by atoms with Crippen LogP contribution in [-0.2, 0) is 0 Å². The molecule has 2 rings (SSSR count). The largest absolute Gasteiger partial charge is 0.382 e. The van der Waals surface area contributed by atoms with Crippen molar-refractivity contribution in [3.05, 3.63) is 52.7 Å².